The quantitative estimate of drug-likeness (QED) is 0.539. The van der Waals surface area contributed by atoms with Crippen LogP contribution >= 0.6 is 0 Å². The van der Waals surface area contributed by atoms with Crippen molar-refractivity contribution in [2.24, 2.45) is 34.5 Å². The van der Waals surface area contributed by atoms with Gasteiger partial charge in [-0.05, 0) is 93.8 Å². The maximum Gasteiger partial charge on any atom is 0.0658 e. The number of hydrogen-bond acceptors (Lipinski definition) is 3. The molecule has 3 nitrogen and oxygen atoms in total. The minimum absolute atomic E-state index is 0.171. The Balaban J connectivity index is 1.42. The molecule has 31 heavy (non-hydrogen) atoms. The Kier molecular flexibility index (Phi) is 6.79. The van der Waals surface area contributed by atoms with E-state index in [9.17, 15) is 10.2 Å². The van der Waals surface area contributed by atoms with E-state index in [0.29, 0.717) is 35.2 Å². The van der Waals surface area contributed by atoms with E-state index in [0.717, 1.165) is 32.3 Å². The molecular formula is C28H46O3. The summed E-state index contributed by atoms with van der Waals surface area (Å²) in [4.78, 5) is 0. The molecule has 0 heterocycles. The molecule has 0 aromatic rings. The Morgan fingerprint density at radius 2 is 1.68 bits per heavy atom. The van der Waals surface area contributed by atoms with Gasteiger partial charge in [0.15, 0.2) is 0 Å². The first-order valence-electron chi connectivity index (χ1n) is 13.0. The number of rotatable bonds is 6. The highest BCUT2D eigenvalue weighted by molar-refractivity contribution is 5.28. The Morgan fingerprint density at radius 3 is 2.29 bits per heavy atom. The van der Waals surface area contributed by atoms with E-state index in [1.54, 1.807) is 5.57 Å². The van der Waals surface area contributed by atoms with Crippen LogP contribution in [0.4, 0.5) is 0 Å². The van der Waals surface area contributed by atoms with Crippen molar-refractivity contribution in [3.8, 4) is 0 Å². The molecular weight excluding hydrogens is 384 g/mol. The lowest BCUT2D eigenvalue weighted by Crippen LogP contribution is -2.39. The number of aliphatic hydroxyl groups excluding tert-OH is 2. The van der Waals surface area contributed by atoms with E-state index in [2.05, 4.69) is 46.8 Å². The zero-order valence-electron chi connectivity index (χ0n) is 20.6. The summed E-state index contributed by atoms with van der Waals surface area (Å²) in [6.45, 7) is 12.6. The molecule has 4 aliphatic carbocycles. The molecule has 0 aliphatic heterocycles. The highest BCUT2D eigenvalue weighted by Crippen LogP contribution is 2.59. The molecule has 2 N–H and O–H groups in total. The van der Waals surface area contributed by atoms with Gasteiger partial charge in [0, 0.05) is 12.0 Å². The van der Waals surface area contributed by atoms with Crippen LogP contribution in [-0.2, 0) is 4.74 Å². The maximum atomic E-state index is 10.6. The van der Waals surface area contributed by atoms with Crippen molar-refractivity contribution in [3.05, 3.63) is 23.3 Å². The monoisotopic (exact) mass is 430 g/mol. The summed E-state index contributed by atoms with van der Waals surface area (Å²) in [6.07, 6.45) is 14.0. The van der Waals surface area contributed by atoms with Crippen LogP contribution in [0.25, 0.3) is 0 Å². The number of allylic oxidation sites excluding steroid dienone is 3. The lowest BCUT2D eigenvalue weighted by Gasteiger charge is -2.44. The second kappa shape index (κ2) is 8.95. The molecule has 1 spiro atoms. The van der Waals surface area contributed by atoms with Crippen molar-refractivity contribution >= 4 is 0 Å². The Bertz CT molecular complexity index is 687. The lowest BCUT2D eigenvalue weighted by atomic mass is 9.62. The van der Waals surface area contributed by atoms with E-state index in [-0.39, 0.29) is 17.6 Å². The second-order valence-electron chi connectivity index (χ2n) is 12.1. The molecule has 4 fully saturated rings. The third-order valence-electron chi connectivity index (χ3n) is 9.96. The number of fused-ring (bicyclic) bond motifs is 1. The van der Waals surface area contributed by atoms with Crippen LogP contribution in [0, 0.1) is 34.5 Å². The summed E-state index contributed by atoms with van der Waals surface area (Å²) >= 11 is 0. The Labute approximate surface area is 190 Å². The van der Waals surface area contributed by atoms with E-state index >= 15 is 0 Å². The van der Waals surface area contributed by atoms with Gasteiger partial charge in [-0.25, -0.2) is 0 Å². The second-order valence-corrected chi connectivity index (χ2v) is 12.1. The molecule has 176 valence electrons. The van der Waals surface area contributed by atoms with Gasteiger partial charge in [0.25, 0.3) is 0 Å². The molecule has 7 atom stereocenters. The Morgan fingerprint density at radius 1 is 1.00 bits per heavy atom. The maximum absolute atomic E-state index is 10.6. The smallest absolute Gasteiger partial charge is 0.0658 e. The van der Waals surface area contributed by atoms with Crippen LogP contribution < -0.4 is 0 Å². The fraction of sp³-hybridized carbons (Fsp3) is 0.857. The van der Waals surface area contributed by atoms with Gasteiger partial charge >= 0.3 is 0 Å². The third-order valence-corrected chi connectivity index (χ3v) is 9.96. The van der Waals surface area contributed by atoms with Gasteiger partial charge in [0.2, 0.25) is 0 Å². The van der Waals surface area contributed by atoms with Crippen molar-refractivity contribution in [2.75, 3.05) is 6.61 Å². The summed E-state index contributed by atoms with van der Waals surface area (Å²) in [7, 11) is 0. The molecule has 3 heteroatoms. The van der Waals surface area contributed by atoms with Crippen molar-refractivity contribution in [3.63, 3.8) is 0 Å². The highest BCUT2D eigenvalue weighted by Gasteiger charge is 2.56. The first kappa shape index (κ1) is 23.5. The fourth-order valence-electron chi connectivity index (χ4n) is 7.04. The number of ether oxygens (including phenoxy) is 1. The van der Waals surface area contributed by atoms with E-state index < -0.39 is 0 Å². The first-order chi connectivity index (χ1) is 14.7. The molecule has 0 radical (unpaired) electrons. The van der Waals surface area contributed by atoms with Gasteiger partial charge in [0.05, 0.1) is 18.3 Å². The van der Waals surface area contributed by atoms with E-state index in [1.165, 1.54) is 37.7 Å². The van der Waals surface area contributed by atoms with E-state index in [1.807, 2.05) is 0 Å². The summed E-state index contributed by atoms with van der Waals surface area (Å²) < 4.78 is 6.42. The van der Waals surface area contributed by atoms with Gasteiger partial charge in [-0.2, -0.15) is 0 Å². The SMILES string of the molecule is CC(C)[C@@H](C)CO[C@H](C)C1CCC2C(=CC=C3C[C@@H](O)C4(CC4)[C@H](O)C3)CCCC21C. The standard InChI is InChI=1S/C28H46O3/c1-18(2)19(3)17-31-20(4)23-10-11-24-22(7-6-12-27(23,24)5)9-8-21-15-25(29)28(13-14-28)26(30)16-21/h8-9,18-20,23-26,29-30H,6-7,10-17H2,1-5H3/t19-,20+,23?,24?,25+,26+,27?/m0/s1. The molecule has 0 amide bonds. The summed E-state index contributed by atoms with van der Waals surface area (Å²) in [5.41, 5.74) is 3.00. The molecule has 0 saturated heterocycles. The normalized spacial score (nSPS) is 40.3. The Hall–Kier alpha value is -0.640. The molecule has 3 unspecified atom stereocenters. The van der Waals surface area contributed by atoms with Gasteiger partial charge in [-0.1, -0.05) is 51.0 Å². The van der Waals surface area contributed by atoms with Crippen LogP contribution in [0.15, 0.2) is 23.3 Å². The summed E-state index contributed by atoms with van der Waals surface area (Å²) in [6, 6.07) is 0. The average Bonchev–Trinajstić information content (AvgIpc) is 3.45. The topological polar surface area (TPSA) is 49.7 Å². The first-order valence-corrected chi connectivity index (χ1v) is 13.0. The van der Waals surface area contributed by atoms with Crippen LogP contribution in [0.1, 0.15) is 92.4 Å². The predicted octanol–water partition coefficient (Wildman–Crippen LogP) is 6.05. The van der Waals surface area contributed by atoms with Gasteiger partial charge in [-0.3, -0.25) is 0 Å². The molecule has 4 aliphatic rings. The molecule has 0 aromatic carbocycles. The zero-order chi connectivity index (χ0) is 22.4. The minimum atomic E-state index is -0.361. The average molecular weight is 431 g/mol. The lowest BCUT2D eigenvalue weighted by molar-refractivity contribution is -0.0403. The van der Waals surface area contributed by atoms with Crippen LogP contribution in [0.2, 0.25) is 0 Å². The summed E-state index contributed by atoms with van der Waals surface area (Å²) in [5.74, 6) is 2.57. The molecule has 0 bridgehead atoms. The predicted molar refractivity (Wildman–Crippen MR) is 127 cm³/mol. The zero-order valence-corrected chi connectivity index (χ0v) is 20.6. The highest BCUT2D eigenvalue weighted by atomic mass is 16.5. The largest absolute Gasteiger partial charge is 0.392 e. The number of aliphatic hydroxyl groups is 2. The molecule has 4 saturated carbocycles. The molecule has 4 rings (SSSR count). The van der Waals surface area contributed by atoms with Crippen molar-refractivity contribution in [2.45, 2.75) is 111 Å². The van der Waals surface area contributed by atoms with Crippen molar-refractivity contribution in [1.82, 2.24) is 0 Å². The van der Waals surface area contributed by atoms with Crippen molar-refractivity contribution < 1.29 is 14.9 Å². The van der Waals surface area contributed by atoms with Crippen LogP contribution in [0.5, 0.6) is 0 Å². The molecule has 0 aromatic heterocycles. The summed E-state index contributed by atoms with van der Waals surface area (Å²) in [5, 5.41) is 21.1. The van der Waals surface area contributed by atoms with Crippen LogP contribution in [0.3, 0.4) is 0 Å². The van der Waals surface area contributed by atoms with Gasteiger partial charge < -0.3 is 14.9 Å². The fourth-order valence-corrected chi connectivity index (χ4v) is 7.04. The minimum Gasteiger partial charge on any atom is -0.392 e. The van der Waals surface area contributed by atoms with E-state index in [4.69, 9.17) is 4.74 Å². The van der Waals surface area contributed by atoms with Crippen molar-refractivity contribution in [1.29, 1.82) is 0 Å². The van der Waals surface area contributed by atoms with Gasteiger partial charge in [0.1, 0.15) is 0 Å². The van der Waals surface area contributed by atoms with Crippen LogP contribution in [-0.4, -0.2) is 35.1 Å². The van der Waals surface area contributed by atoms with Gasteiger partial charge in [-0.15, -0.1) is 0 Å². The number of hydrogen-bond donors (Lipinski definition) is 2. The third kappa shape index (κ3) is 4.44.